The van der Waals surface area contributed by atoms with Gasteiger partial charge in [-0.15, -0.1) is 0 Å². The Hall–Kier alpha value is -0.650. The quantitative estimate of drug-likeness (QED) is 0.701. The monoisotopic (exact) mass is 241 g/mol. The average Bonchev–Trinajstić information content (AvgIpc) is 2.89. The Morgan fingerprint density at radius 1 is 1.53 bits per heavy atom. The molecule has 0 bridgehead atoms. The summed E-state index contributed by atoms with van der Waals surface area (Å²) in [5.74, 6) is 0.127. The third kappa shape index (κ3) is 3.66. The highest BCUT2D eigenvalue weighted by Gasteiger charge is 2.23. The molecule has 17 heavy (non-hydrogen) atoms. The second-order valence-corrected chi connectivity index (χ2v) is 4.84. The summed E-state index contributed by atoms with van der Waals surface area (Å²) in [7, 11) is 0. The Labute approximate surface area is 103 Å². The van der Waals surface area contributed by atoms with Gasteiger partial charge in [0.2, 0.25) is 5.91 Å². The normalized spacial score (nSPS) is 27.9. The summed E-state index contributed by atoms with van der Waals surface area (Å²) in [6.45, 7) is 7.34. The summed E-state index contributed by atoms with van der Waals surface area (Å²) < 4.78 is 5.49. The molecule has 2 N–H and O–H groups in total. The van der Waals surface area contributed by atoms with Crippen molar-refractivity contribution in [2.75, 3.05) is 39.3 Å². The maximum atomic E-state index is 12.0. The number of carbonyl (C=O) groups excluding carboxylic acids is 1. The summed E-state index contributed by atoms with van der Waals surface area (Å²) in [6.07, 6.45) is 2.42. The number of amides is 1. The van der Waals surface area contributed by atoms with Gasteiger partial charge in [-0.2, -0.15) is 0 Å². The maximum Gasteiger partial charge on any atom is 0.237 e. The molecule has 2 aliphatic heterocycles. The van der Waals surface area contributed by atoms with Crippen LogP contribution in [0.1, 0.15) is 19.8 Å². The van der Waals surface area contributed by atoms with Crippen LogP contribution in [0, 0.1) is 0 Å². The number of ether oxygens (including phenoxy) is 1. The fraction of sp³-hybridized carbons (Fsp3) is 0.917. The van der Waals surface area contributed by atoms with Crippen molar-refractivity contribution in [2.45, 2.75) is 31.9 Å². The topological polar surface area (TPSA) is 53.6 Å². The number of piperazine rings is 1. The SMILES string of the molecule is CC(C(=O)NCC1CCCO1)N1CCNCC1. The fourth-order valence-corrected chi connectivity index (χ4v) is 2.40. The fourth-order valence-electron chi connectivity index (χ4n) is 2.40. The number of nitrogens with one attached hydrogen (secondary N) is 2. The molecular weight excluding hydrogens is 218 g/mol. The number of hydrogen-bond donors (Lipinski definition) is 2. The molecule has 2 unspecified atom stereocenters. The van der Waals surface area contributed by atoms with Gasteiger partial charge in [-0.05, 0) is 19.8 Å². The Morgan fingerprint density at radius 3 is 2.94 bits per heavy atom. The van der Waals surface area contributed by atoms with Crippen molar-refractivity contribution in [3.8, 4) is 0 Å². The van der Waals surface area contributed by atoms with Crippen LogP contribution in [0.25, 0.3) is 0 Å². The Kier molecular flexibility index (Phi) is 4.76. The van der Waals surface area contributed by atoms with Crippen LogP contribution in [-0.2, 0) is 9.53 Å². The largest absolute Gasteiger partial charge is 0.376 e. The first-order valence-corrected chi connectivity index (χ1v) is 6.61. The van der Waals surface area contributed by atoms with E-state index < -0.39 is 0 Å². The van der Waals surface area contributed by atoms with Crippen LogP contribution >= 0.6 is 0 Å². The van der Waals surface area contributed by atoms with Gasteiger partial charge in [-0.1, -0.05) is 0 Å². The van der Waals surface area contributed by atoms with Crippen molar-refractivity contribution in [1.29, 1.82) is 0 Å². The van der Waals surface area contributed by atoms with Crippen LogP contribution in [0.4, 0.5) is 0 Å². The molecule has 2 fully saturated rings. The van der Waals surface area contributed by atoms with Gasteiger partial charge >= 0.3 is 0 Å². The molecule has 0 aromatic rings. The zero-order valence-corrected chi connectivity index (χ0v) is 10.6. The Bertz CT molecular complexity index is 248. The third-order valence-corrected chi connectivity index (χ3v) is 3.61. The molecule has 5 nitrogen and oxygen atoms in total. The van der Waals surface area contributed by atoms with Crippen molar-refractivity contribution in [3.05, 3.63) is 0 Å². The molecule has 0 saturated carbocycles. The van der Waals surface area contributed by atoms with E-state index in [4.69, 9.17) is 4.74 Å². The first-order chi connectivity index (χ1) is 8.27. The molecule has 0 aromatic heterocycles. The lowest BCUT2D eigenvalue weighted by Crippen LogP contribution is -2.53. The van der Waals surface area contributed by atoms with Crippen molar-refractivity contribution in [2.24, 2.45) is 0 Å². The lowest BCUT2D eigenvalue weighted by atomic mass is 10.2. The predicted octanol–water partition coefficient (Wildman–Crippen LogP) is -0.425. The highest BCUT2D eigenvalue weighted by atomic mass is 16.5. The molecule has 98 valence electrons. The summed E-state index contributed by atoms with van der Waals surface area (Å²) in [4.78, 5) is 14.2. The predicted molar refractivity (Wildman–Crippen MR) is 65.9 cm³/mol. The van der Waals surface area contributed by atoms with Gasteiger partial charge < -0.3 is 15.4 Å². The van der Waals surface area contributed by atoms with E-state index >= 15 is 0 Å². The number of carbonyl (C=O) groups is 1. The molecule has 2 heterocycles. The van der Waals surface area contributed by atoms with Crippen LogP contribution in [0.3, 0.4) is 0 Å². The lowest BCUT2D eigenvalue weighted by Gasteiger charge is -2.32. The first kappa shape index (κ1) is 12.8. The van der Waals surface area contributed by atoms with E-state index in [1.165, 1.54) is 0 Å². The van der Waals surface area contributed by atoms with Crippen LogP contribution in [0.15, 0.2) is 0 Å². The molecule has 1 amide bonds. The van der Waals surface area contributed by atoms with Crippen molar-refractivity contribution in [3.63, 3.8) is 0 Å². The van der Waals surface area contributed by atoms with E-state index in [9.17, 15) is 4.79 Å². The van der Waals surface area contributed by atoms with Crippen LogP contribution in [-0.4, -0.2) is 62.3 Å². The van der Waals surface area contributed by atoms with Crippen LogP contribution in [0.2, 0.25) is 0 Å². The molecule has 2 aliphatic rings. The Balaban J connectivity index is 1.70. The minimum Gasteiger partial charge on any atom is -0.376 e. The van der Waals surface area contributed by atoms with E-state index in [1.807, 2.05) is 6.92 Å². The van der Waals surface area contributed by atoms with E-state index in [0.717, 1.165) is 45.6 Å². The van der Waals surface area contributed by atoms with Gasteiger partial charge in [0, 0.05) is 39.3 Å². The number of nitrogens with zero attached hydrogens (tertiary/aromatic N) is 1. The lowest BCUT2D eigenvalue weighted by molar-refractivity contribution is -0.126. The molecule has 2 atom stereocenters. The second kappa shape index (κ2) is 6.33. The number of hydrogen-bond acceptors (Lipinski definition) is 4. The summed E-state index contributed by atoms with van der Waals surface area (Å²) in [6, 6.07) is -0.0292. The van der Waals surface area contributed by atoms with Gasteiger partial charge in [0.15, 0.2) is 0 Å². The summed E-state index contributed by atoms with van der Waals surface area (Å²) in [5, 5.41) is 6.29. The minimum atomic E-state index is -0.0292. The molecular formula is C12H23N3O2. The van der Waals surface area contributed by atoms with E-state index in [2.05, 4.69) is 15.5 Å². The van der Waals surface area contributed by atoms with Gasteiger partial charge in [0.05, 0.1) is 12.1 Å². The van der Waals surface area contributed by atoms with Crippen molar-refractivity contribution in [1.82, 2.24) is 15.5 Å². The Morgan fingerprint density at radius 2 is 2.29 bits per heavy atom. The van der Waals surface area contributed by atoms with Gasteiger partial charge in [0.1, 0.15) is 0 Å². The molecule has 5 heteroatoms. The number of rotatable bonds is 4. The van der Waals surface area contributed by atoms with E-state index in [0.29, 0.717) is 6.54 Å². The average molecular weight is 241 g/mol. The van der Waals surface area contributed by atoms with Gasteiger partial charge in [-0.3, -0.25) is 9.69 Å². The van der Waals surface area contributed by atoms with E-state index in [-0.39, 0.29) is 18.1 Å². The van der Waals surface area contributed by atoms with Crippen LogP contribution in [0.5, 0.6) is 0 Å². The molecule has 2 rings (SSSR count). The summed E-state index contributed by atoms with van der Waals surface area (Å²) in [5.41, 5.74) is 0. The highest BCUT2D eigenvalue weighted by molar-refractivity contribution is 5.81. The highest BCUT2D eigenvalue weighted by Crippen LogP contribution is 2.10. The van der Waals surface area contributed by atoms with Crippen molar-refractivity contribution < 1.29 is 9.53 Å². The maximum absolute atomic E-state index is 12.0. The molecule has 0 spiro atoms. The molecule has 0 radical (unpaired) electrons. The van der Waals surface area contributed by atoms with Gasteiger partial charge in [-0.25, -0.2) is 0 Å². The molecule has 0 aromatic carbocycles. The standard InChI is InChI=1S/C12H23N3O2/c1-10(15-6-4-13-5-7-15)12(16)14-9-11-3-2-8-17-11/h10-11,13H,2-9H2,1H3,(H,14,16). The zero-order chi connectivity index (χ0) is 12.1. The minimum absolute atomic E-state index is 0.0292. The van der Waals surface area contributed by atoms with Gasteiger partial charge in [0.25, 0.3) is 0 Å². The van der Waals surface area contributed by atoms with Crippen LogP contribution < -0.4 is 10.6 Å². The third-order valence-electron chi connectivity index (χ3n) is 3.61. The summed E-state index contributed by atoms with van der Waals surface area (Å²) >= 11 is 0. The molecule has 0 aliphatic carbocycles. The smallest absolute Gasteiger partial charge is 0.237 e. The second-order valence-electron chi connectivity index (χ2n) is 4.84. The first-order valence-electron chi connectivity index (χ1n) is 6.61. The molecule has 2 saturated heterocycles. The van der Waals surface area contributed by atoms with E-state index in [1.54, 1.807) is 0 Å². The van der Waals surface area contributed by atoms with Crippen molar-refractivity contribution >= 4 is 5.91 Å². The zero-order valence-electron chi connectivity index (χ0n) is 10.6.